The monoisotopic (exact) mass is 327 g/mol. The van der Waals surface area contributed by atoms with Crippen LogP contribution in [0.4, 0.5) is 0 Å². The van der Waals surface area contributed by atoms with Crippen LogP contribution in [0.3, 0.4) is 0 Å². The molecule has 0 amide bonds. The number of nitrogens with one attached hydrogen (secondary N) is 1. The van der Waals surface area contributed by atoms with Crippen molar-refractivity contribution in [1.29, 1.82) is 0 Å². The molecule has 0 radical (unpaired) electrons. The minimum atomic E-state index is -0.842. The van der Waals surface area contributed by atoms with E-state index in [-0.39, 0.29) is 12.5 Å². The lowest BCUT2D eigenvalue weighted by Crippen LogP contribution is -2.15. The predicted molar refractivity (Wildman–Crippen MR) is 93.6 cm³/mol. The smallest absolute Gasteiger partial charge is 0.305 e. The van der Waals surface area contributed by atoms with E-state index in [0.29, 0.717) is 19.6 Å². The molecule has 3 rings (SSSR count). The van der Waals surface area contributed by atoms with E-state index in [1.165, 1.54) is 10.8 Å². The van der Waals surface area contributed by atoms with Crippen LogP contribution in [0.5, 0.6) is 5.75 Å². The lowest BCUT2D eigenvalue weighted by atomic mass is 10.1. The van der Waals surface area contributed by atoms with E-state index in [1.54, 1.807) is 6.92 Å². The van der Waals surface area contributed by atoms with E-state index in [4.69, 9.17) is 14.6 Å². The van der Waals surface area contributed by atoms with E-state index in [9.17, 15) is 4.79 Å². The highest BCUT2D eigenvalue weighted by molar-refractivity contribution is 6.07. The fraction of sp³-hybridized carbons (Fsp3) is 0.316. The number of aromatic nitrogens is 1. The van der Waals surface area contributed by atoms with E-state index in [0.717, 1.165) is 16.8 Å². The molecule has 2 aromatic carbocycles. The van der Waals surface area contributed by atoms with Gasteiger partial charge in [-0.15, -0.1) is 0 Å². The number of ether oxygens (including phenoxy) is 2. The normalized spacial score (nSPS) is 12.5. The summed E-state index contributed by atoms with van der Waals surface area (Å²) in [6.45, 7) is 2.79. The largest absolute Gasteiger partial charge is 0.493 e. The van der Waals surface area contributed by atoms with E-state index in [2.05, 4.69) is 23.2 Å². The lowest BCUT2D eigenvalue weighted by molar-refractivity contribution is -0.139. The maximum Gasteiger partial charge on any atom is 0.305 e. The van der Waals surface area contributed by atoms with Crippen LogP contribution < -0.4 is 4.74 Å². The number of H-pyrrole nitrogens is 1. The summed E-state index contributed by atoms with van der Waals surface area (Å²) in [5.41, 5.74) is 2.17. The number of aliphatic carboxylic acids is 1. The number of carbonyl (C=O) groups is 1. The molecule has 0 saturated carbocycles. The third-order valence-corrected chi connectivity index (χ3v) is 3.90. The highest BCUT2D eigenvalue weighted by atomic mass is 16.5. The van der Waals surface area contributed by atoms with Crippen molar-refractivity contribution < 1.29 is 19.4 Å². The van der Waals surface area contributed by atoms with Crippen LogP contribution in [-0.2, 0) is 9.53 Å². The highest BCUT2D eigenvalue weighted by Gasteiger charge is 2.07. The molecule has 1 heterocycles. The number of rotatable bonds is 8. The molecular formula is C19H21NO4. The molecule has 2 N–H and O–H groups in total. The second kappa shape index (κ2) is 7.36. The van der Waals surface area contributed by atoms with Crippen molar-refractivity contribution in [2.45, 2.75) is 25.9 Å². The molecule has 1 aromatic heterocycles. The topological polar surface area (TPSA) is 71.6 Å². The fourth-order valence-corrected chi connectivity index (χ4v) is 2.76. The van der Waals surface area contributed by atoms with Gasteiger partial charge in [0.15, 0.2) is 0 Å². The van der Waals surface area contributed by atoms with Gasteiger partial charge in [0.2, 0.25) is 0 Å². The molecular weight excluding hydrogens is 306 g/mol. The first kappa shape index (κ1) is 16.3. The first-order chi connectivity index (χ1) is 11.6. The van der Waals surface area contributed by atoms with Crippen LogP contribution in [0, 0.1) is 0 Å². The second-order valence-corrected chi connectivity index (χ2v) is 5.86. The highest BCUT2D eigenvalue weighted by Crippen LogP contribution is 2.28. The molecule has 24 heavy (non-hydrogen) atoms. The van der Waals surface area contributed by atoms with Crippen molar-refractivity contribution in [3.05, 3.63) is 42.5 Å². The van der Waals surface area contributed by atoms with Gasteiger partial charge >= 0.3 is 5.97 Å². The number of benzene rings is 2. The molecule has 0 fully saturated rings. The van der Waals surface area contributed by atoms with Gasteiger partial charge in [-0.25, -0.2) is 0 Å². The molecule has 1 unspecified atom stereocenters. The summed E-state index contributed by atoms with van der Waals surface area (Å²) in [6, 6.07) is 14.2. The van der Waals surface area contributed by atoms with Gasteiger partial charge in [-0.3, -0.25) is 4.79 Å². The van der Waals surface area contributed by atoms with Gasteiger partial charge in [0.05, 0.1) is 31.3 Å². The van der Waals surface area contributed by atoms with Gasteiger partial charge in [0, 0.05) is 28.8 Å². The minimum absolute atomic E-state index is 0.0257. The Labute approximate surface area is 140 Å². The van der Waals surface area contributed by atoms with Crippen molar-refractivity contribution in [3.8, 4) is 5.75 Å². The zero-order valence-corrected chi connectivity index (χ0v) is 13.6. The van der Waals surface area contributed by atoms with Gasteiger partial charge in [0.25, 0.3) is 0 Å². The summed E-state index contributed by atoms with van der Waals surface area (Å²) >= 11 is 0. The number of hydrogen-bond donors (Lipinski definition) is 2. The third-order valence-electron chi connectivity index (χ3n) is 3.90. The van der Waals surface area contributed by atoms with Crippen LogP contribution in [0.15, 0.2) is 42.5 Å². The minimum Gasteiger partial charge on any atom is -0.493 e. The number of aromatic amines is 1. The van der Waals surface area contributed by atoms with Crippen LogP contribution in [-0.4, -0.2) is 35.4 Å². The summed E-state index contributed by atoms with van der Waals surface area (Å²) in [6.07, 6.45) is 0.470. The zero-order valence-electron chi connectivity index (χ0n) is 13.6. The van der Waals surface area contributed by atoms with E-state index >= 15 is 0 Å². The maximum absolute atomic E-state index is 10.5. The van der Waals surface area contributed by atoms with E-state index < -0.39 is 5.97 Å². The van der Waals surface area contributed by atoms with E-state index in [1.807, 2.05) is 24.3 Å². The summed E-state index contributed by atoms with van der Waals surface area (Å²) in [5.74, 6) is -0.0296. The number of fused-ring (bicyclic) bond motifs is 3. The molecule has 1 atom stereocenters. The van der Waals surface area contributed by atoms with Crippen LogP contribution >= 0.6 is 0 Å². The first-order valence-electron chi connectivity index (χ1n) is 8.10. The van der Waals surface area contributed by atoms with Crippen molar-refractivity contribution >= 4 is 27.8 Å². The Balaban J connectivity index is 1.52. The summed E-state index contributed by atoms with van der Waals surface area (Å²) in [5, 5.41) is 11.1. The van der Waals surface area contributed by atoms with Crippen LogP contribution in [0.1, 0.15) is 19.8 Å². The molecule has 0 aliphatic rings. The number of carboxylic acids is 1. The lowest BCUT2D eigenvalue weighted by Gasteiger charge is -2.11. The van der Waals surface area contributed by atoms with Gasteiger partial charge < -0.3 is 19.6 Å². The van der Waals surface area contributed by atoms with Crippen molar-refractivity contribution in [2.24, 2.45) is 0 Å². The van der Waals surface area contributed by atoms with Crippen LogP contribution in [0.2, 0.25) is 0 Å². The number of para-hydroxylation sites is 1. The Morgan fingerprint density at radius 3 is 2.75 bits per heavy atom. The molecule has 0 bridgehead atoms. The van der Waals surface area contributed by atoms with Crippen molar-refractivity contribution in [2.75, 3.05) is 13.2 Å². The Kier molecular flexibility index (Phi) is 5.01. The molecule has 5 heteroatoms. The summed E-state index contributed by atoms with van der Waals surface area (Å²) in [4.78, 5) is 13.9. The SMILES string of the molecule is CC(CC(=O)O)OCCCOc1ccc2c(c1)[nH]c1ccccc12. The van der Waals surface area contributed by atoms with Gasteiger partial charge in [-0.1, -0.05) is 18.2 Å². The van der Waals surface area contributed by atoms with Crippen molar-refractivity contribution in [1.82, 2.24) is 4.98 Å². The Morgan fingerprint density at radius 1 is 1.12 bits per heavy atom. The number of hydrogen-bond acceptors (Lipinski definition) is 3. The van der Waals surface area contributed by atoms with Crippen LogP contribution in [0.25, 0.3) is 21.8 Å². The average Bonchev–Trinajstić information content (AvgIpc) is 2.91. The molecule has 126 valence electrons. The van der Waals surface area contributed by atoms with Gasteiger partial charge in [-0.2, -0.15) is 0 Å². The van der Waals surface area contributed by atoms with Gasteiger partial charge in [0.1, 0.15) is 5.75 Å². The molecule has 0 aliphatic carbocycles. The Hall–Kier alpha value is -2.53. The first-order valence-corrected chi connectivity index (χ1v) is 8.10. The quantitative estimate of drug-likeness (QED) is 0.614. The predicted octanol–water partition coefficient (Wildman–Crippen LogP) is 3.97. The summed E-state index contributed by atoms with van der Waals surface area (Å²) < 4.78 is 11.2. The fourth-order valence-electron chi connectivity index (χ4n) is 2.76. The standard InChI is InChI=1S/C19H21NO4/c1-13(11-19(21)22)23-9-4-10-24-14-7-8-16-15-5-2-3-6-17(15)20-18(16)12-14/h2-3,5-8,12-13,20H,4,9-11H2,1H3,(H,21,22). The molecule has 5 nitrogen and oxygen atoms in total. The van der Waals surface area contributed by atoms with Crippen molar-refractivity contribution in [3.63, 3.8) is 0 Å². The average molecular weight is 327 g/mol. The summed E-state index contributed by atoms with van der Waals surface area (Å²) in [7, 11) is 0. The number of carboxylic acid groups (broad SMARTS) is 1. The van der Waals surface area contributed by atoms with Gasteiger partial charge in [-0.05, 0) is 25.1 Å². The molecule has 0 saturated heterocycles. The third kappa shape index (κ3) is 3.86. The Bertz CT molecular complexity index is 840. The zero-order chi connectivity index (χ0) is 16.9. The molecule has 0 aliphatic heterocycles. The Morgan fingerprint density at radius 2 is 1.92 bits per heavy atom. The molecule has 3 aromatic rings. The second-order valence-electron chi connectivity index (χ2n) is 5.86. The molecule has 0 spiro atoms. The maximum atomic E-state index is 10.5.